The monoisotopic (exact) mass is 449 g/mol. The van der Waals surface area contributed by atoms with Gasteiger partial charge in [0.15, 0.2) is 4.80 Å². The smallest absolute Gasteiger partial charge is 0.338 e. The summed E-state index contributed by atoms with van der Waals surface area (Å²) in [5.41, 5.74) is 1.71. The van der Waals surface area contributed by atoms with E-state index in [9.17, 15) is 19.7 Å². The lowest BCUT2D eigenvalue weighted by Gasteiger charge is -2.22. The van der Waals surface area contributed by atoms with Gasteiger partial charge >= 0.3 is 5.97 Å². The molecule has 8 nitrogen and oxygen atoms in total. The van der Waals surface area contributed by atoms with E-state index in [-0.39, 0.29) is 17.9 Å². The van der Waals surface area contributed by atoms with Crippen LogP contribution in [0.3, 0.4) is 0 Å². The molecule has 0 N–H and O–H groups in total. The number of thiazole rings is 1. The maximum atomic E-state index is 13.2. The second kappa shape index (κ2) is 8.72. The summed E-state index contributed by atoms with van der Waals surface area (Å²) in [5, 5.41) is 11.1. The van der Waals surface area contributed by atoms with E-state index in [0.29, 0.717) is 26.2 Å². The average Bonchev–Trinajstić information content (AvgIpc) is 3.09. The van der Waals surface area contributed by atoms with Crippen molar-refractivity contribution in [1.29, 1.82) is 0 Å². The van der Waals surface area contributed by atoms with Crippen molar-refractivity contribution < 1.29 is 14.5 Å². The Morgan fingerprint density at radius 3 is 2.69 bits per heavy atom. The number of esters is 1. The second-order valence-electron chi connectivity index (χ2n) is 7.05. The zero-order chi connectivity index (χ0) is 22.8. The van der Waals surface area contributed by atoms with Crippen LogP contribution in [-0.2, 0) is 9.53 Å². The zero-order valence-corrected chi connectivity index (χ0v) is 18.2. The van der Waals surface area contributed by atoms with Crippen molar-refractivity contribution in [3.8, 4) is 0 Å². The van der Waals surface area contributed by atoms with Gasteiger partial charge in [0.05, 0.1) is 21.6 Å². The molecule has 1 atom stereocenters. The van der Waals surface area contributed by atoms with Crippen LogP contribution in [0.15, 0.2) is 70.0 Å². The van der Waals surface area contributed by atoms with E-state index in [1.165, 1.54) is 28.0 Å². The molecule has 0 amide bonds. The van der Waals surface area contributed by atoms with Crippen molar-refractivity contribution in [3.05, 3.63) is 101 Å². The van der Waals surface area contributed by atoms with E-state index in [4.69, 9.17) is 9.73 Å². The average molecular weight is 449 g/mol. The Morgan fingerprint density at radius 1 is 1.25 bits per heavy atom. The van der Waals surface area contributed by atoms with Crippen LogP contribution in [0.25, 0.3) is 11.8 Å². The minimum atomic E-state index is -0.598. The number of allylic oxidation sites excluding steroid dienone is 1. The van der Waals surface area contributed by atoms with Gasteiger partial charge in [-0.3, -0.25) is 19.5 Å². The summed E-state index contributed by atoms with van der Waals surface area (Å²) in [6.45, 7) is 3.62. The second-order valence-corrected chi connectivity index (χ2v) is 8.06. The molecule has 9 heteroatoms. The molecule has 3 aromatic rings. The van der Waals surface area contributed by atoms with Gasteiger partial charge in [-0.1, -0.05) is 53.8 Å². The van der Waals surface area contributed by atoms with Crippen molar-refractivity contribution in [2.24, 2.45) is 4.99 Å². The van der Waals surface area contributed by atoms with Gasteiger partial charge < -0.3 is 4.74 Å². The number of aromatic nitrogens is 1. The number of benzene rings is 2. The maximum Gasteiger partial charge on any atom is 0.338 e. The van der Waals surface area contributed by atoms with Crippen molar-refractivity contribution in [1.82, 2.24) is 4.57 Å². The molecule has 0 radical (unpaired) electrons. The number of carbonyl (C=O) groups is 1. The van der Waals surface area contributed by atoms with Crippen LogP contribution in [0.1, 0.15) is 31.0 Å². The molecule has 2 heterocycles. The molecule has 0 aliphatic carbocycles. The van der Waals surface area contributed by atoms with E-state index in [1.54, 1.807) is 32.1 Å². The fraction of sp³-hybridized carbons (Fsp3) is 0.174. The first-order chi connectivity index (χ1) is 15.4. The summed E-state index contributed by atoms with van der Waals surface area (Å²) in [5.74, 6) is -0.518. The van der Waals surface area contributed by atoms with Crippen LogP contribution in [0, 0.1) is 10.1 Å². The number of nitro benzene ring substituents is 1. The number of ether oxygens (including phenoxy) is 1. The zero-order valence-electron chi connectivity index (χ0n) is 17.3. The number of rotatable bonds is 5. The fourth-order valence-corrected chi connectivity index (χ4v) is 4.61. The molecule has 0 saturated carbocycles. The van der Waals surface area contributed by atoms with Crippen LogP contribution >= 0.6 is 11.3 Å². The standard InChI is InChI=1S/C23H19N3O5S/c1-3-31-22(28)19-14(2)25-21(27)18(13-15-8-7-11-17(12-15)26(29)30)32-23(25)24-20(19)16-9-5-4-6-10-16/h4-13,20H,3H2,1-2H3. The molecule has 1 aliphatic rings. The largest absolute Gasteiger partial charge is 0.463 e. The highest BCUT2D eigenvalue weighted by Crippen LogP contribution is 2.32. The fourth-order valence-electron chi connectivity index (χ4n) is 3.57. The van der Waals surface area contributed by atoms with Gasteiger partial charge in [0.1, 0.15) is 6.04 Å². The Bertz CT molecular complexity index is 1420. The van der Waals surface area contributed by atoms with E-state index < -0.39 is 16.9 Å². The Hall–Kier alpha value is -3.85. The van der Waals surface area contributed by atoms with Crippen LogP contribution in [0.5, 0.6) is 0 Å². The first-order valence-electron chi connectivity index (χ1n) is 9.89. The predicted molar refractivity (Wildman–Crippen MR) is 121 cm³/mol. The number of hydrogen-bond acceptors (Lipinski definition) is 7. The Morgan fingerprint density at radius 2 is 2.00 bits per heavy atom. The summed E-state index contributed by atoms with van der Waals surface area (Å²) in [4.78, 5) is 41.7. The molecule has 162 valence electrons. The van der Waals surface area contributed by atoms with Gasteiger partial charge in [-0.2, -0.15) is 0 Å². The molecule has 4 rings (SSSR count). The number of non-ortho nitro benzene ring substituents is 1. The van der Waals surface area contributed by atoms with Gasteiger partial charge in [0.25, 0.3) is 11.2 Å². The molecule has 0 spiro atoms. The summed E-state index contributed by atoms with van der Waals surface area (Å²) < 4.78 is 7.02. The number of hydrogen-bond donors (Lipinski definition) is 0. The van der Waals surface area contributed by atoms with Crippen molar-refractivity contribution >= 4 is 34.8 Å². The first kappa shape index (κ1) is 21.4. The van der Waals surface area contributed by atoms with Crippen LogP contribution in [-0.4, -0.2) is 22.1 Å². The Balaban J connectivity index is 1.93. The van der Waals surface area contributed by atoms with Crippen molar-refractivity contribution in [3.63, 3.8) is 0 Å². The lowest BCUT2D eigenvalue weighted by Crippen LogP contribution is -2.35. The minimum Gasteiger partial charge on any atom is -0.463 e. The lowest BCUT2D eigenvalue weighted by atomic mass is 9.97. The van der Waals surface area contributed by atoms with Crippen LogP contribution < -0.4 is 14.9 Å². The number of nitrogens with zero attached hydrogens (tertiary/aromatic N) is 3. The summed E-state index contributed by atoms with van der Waals surface area (Å²) in [6, 6.07) is 14.8. The van der Waals surface area contributed by atoms with E-state index >= 15 is 0 Å². The molecule has 1 unspecified atom stereocenters. The topological polar surface area (TPSA) is 104 Å². The van der Waals surface area contributed by atoms with Crippen molar-refractivity contribution in [2.75, 3.05) is 6.61 Å². The molecule has 0 bridgehead atoms. The third-order valence-electron chi connectivity index (χ3n) is 5.03. The van der Waals surface area contributed by atoms with E-state index in [1.807, 2.05) is 30.3 Å². The Kier molecular flexibility index (Phi) is 5.83. The number of nitro groups is 1. The summed E-state index contributed by atoms with van der Waals surface area (Å²) in [6.07, 6.45) is 1.59. The highest BCUT2D eigenvalue weighted by Gasteiger charge is 2.31. The van der Waals surface area contributed by atoms with Crippen LogP contribution in [0.4, 0.5) is 5.69 Å². The minimum absolute atomic E-state index is 0.0605. The lowest BCUT2D eigenvalue weighted by molar-refractivity contribution is -0.384. The Labute approximate surface area is 186 Å². The molecular formula is C23H19N3O5S. The number of fused-ring (bicyclic) bond motifs is 1. The maximum absolute atomic E-state index is 13.2. The molecule has 1 aromatic heterocycles. The summed E-state index contributed by atoms with van der Waals surface area (Å²) >= 11 is 1.17. The molecule has 1 aliphatic heterocycles. The molecule has 32 heavy (non-hydrogen) atoms. The third kappa shape index (κ3) is 3.90. The van der Waals surface area contributed by atoms with Crippen molar-refractivity contribution in [2.45, 2.75) is 19.9 Å². The van der Waals surface area contributed by atoms with Gasteiger partial charge in [-0.25, -0.2) is 9.79 Å². The van der Waals surface area contributed by atoms with Gasteiger partial charge in [-0.05, 0) is 31.1 Å². The quantitative estimate of drug-likeness (QED) is 0.338. The molecule has 0 fully saturated rings. The SMILES string of the molecule is CCOC(=O)C1=C(C)n2c(sc(=Cc3cccc([N+](=O)[O-])c3)c2=O)=NC1c1ccccc1. The van der Waals surface area contributed by atoms with Gasteiger partial charge in [-0.15, -0.1) is 0 Å². The van der Waals surface area contributed by atoms with E-state index in [0.717, 1.165) is 5.56 Å². The van der Waals surface area contributed by atoms with E-state index in [2.05, 4.69) is 0 Å². The van der Waals surface area contributed by atoms with Gasteiger partial charge in [0.2, 0.25) is 0 Å². The molecule has 2 aromatic carbocycles. The van der Waals surface area contributed by atoms with Crippen LogP contribution in [0.2, 0.25) is 0 Å². The first-order valence-corrected chi connectivity index (χ1v) is 10.7. The number of carbonyl (C=O) groups excluding carboxylic acids is 1. The molecular weight excluding hydrogens is 430 g/mol. The normalized spacial score (nSPS) is 15.8. The highest BCUT2D eigenvalue weighted by atomic mass is 32.1. The van der Waals surface area contributed by atoms with Gasteiger partial charge in [0, 0.05) is 17.8 Å². The predicted octanol–water partition coefficient (Wildman–Crippen LogP) is 2.82. The summed E-state index contributed by atoms with van der Waals surface area (Å²) in [7, 11) is 0. The highest BCUT2D eigenvalue weighted by molar-refractivity contribution is 7.07. The molecule has 0 saturated heterocycles. The third-order valence-corrected chi connectivity index (χ3v) is 6.02.